The van der Waals surface area contributed by atoms with Gasteiger partial charge >= 0.3 is 0 Å². The average Bonchev–Trinajstić information content (AvgIpc) is 2.71. The van der Waals surface area contributed by atoms with Crippen molar-refractivity contribution in [3.63, 3.8) is 0 Å². The van der Waals surface area contributed by atoms with Crippen molar-refractivity contribution in [2.75, 3.05) is 5.32 Å². The van der Waals surface area contributed by atoms with Crippen molar-refractivity contribution in [1.29, 1.82) is 0 Å². The third-order valence-corrected chi connectivity index (χ3v) is 4.71. The van der Waals surface area contributed by atoms with Gasteiger partial charge in [-0.3, -0.25) is 4.79 Å². The maximum atomic E-state index is 14.0. The van der Waals surface area contributed by atoms with E-state index < -0.39 is 11.9 Å². The van der Waals surface area contributed by atoms with E-state index in [9.17, 15) is 9.18 Å². The predicted molar refractivity (Wildman–Crippen MR) is 93.4 cm³/mol. The largest absolute Gasteiger partial charge is 0.321 e. The van der Waals surface area contributed by atoms with Crippen LogP contribution in [0.1, 0.15) is 47.6 Å². The number of para-hydroxylation sites is 1. The number of nitrogens with zero attached hydrogens (tertiary/aromatic N) is 2. The number of anilines is 1. The van der Waals surface area contributed by atoms with Crippen LogP contribution in [-0.4, -0.2) is 20.9 Å². The maximum Gasteiger partial charge on any atom is 0.262 e. The first-order chi connectivity index (χ1) is 10.8. The molecule has 2 aromatic rings. The number of halogens is 1. The first-order valence-electron chi connectivity index (χ1n) is 7.56. The summed E-state index contributed by atoms with van der Waals surface area (Å²) in [6, 6.07) is 7.63. The third-order valence-electron chi connectivity index (χ3n) is 3.50. The minimum absolute atomic E-state index is 0.00790. The van der Waals surface area contributed by atoms with Gasteiger partial charge in [-0.05, 0) is 30.7 Å². The summed E-state index contributed by atoms with van der Waals surface area (Å²) in [5.41, 5.74) is 2.11. The molecule has 1 N–H and O–H groups in total. The molecule has 0 aliphatic heterocycles. The highest BCUT2D eigenvalue weighted by Gasteiger charge is 2.22. The molecule has 0 bridgehead atoms. The summed E-state index contributed by atoms with van der Waals surface area (Å²) in [4.78, 5) is 12.5. The predicted octanol–water partition coefficient (Wildman–Crippen LogP) is 4.32. The molecule has 1 unspecified atom stereocenters. The van der Waals surface area contributed by atoms with Gasteiger partial charge in [0, 0.05) is 18.0 Å². The van der Waals surface area contributed by atoms with Crippen LogP contribution in [0, 0.1) is 12.9 Å². The van der Waals surface area contributed by atoms with Crippen LogP contribution in [0.15, 0.2) is 24.3 Å². The number of aryl methyl sites for hydroxylation is 2. The summed E-state index contributed by atoms with van der Waals surface area (Å²) in [5, 5.41) is 7.48. The molecule has 124 valence electrons. The number of nitrogens with one attached hydrogen (secondary N) is 1. The lowest BCUT2D eigenvalue weighted by atomic mass is 10.1. The zero-order chi connectivity index (χ0) is 17.1. The summed E-state index contributed by atoms with van der Waals surface area (Å²) >= 11 is 1.81. The first-order valence-corrected chi connectivity index (χ1v) is 8.50. The number of hydrogen-bond acceptors (Lipinski definition) is 3. The monoisotopic (exact) mass is 335 g/mol. The highest BCUT2D eigenvalue weighted by Crippen LogP contribution is 2.35. The molecule has 1 atom stereocenters. The number of amides is 1. The lowest BCUT2D eigenvalue weighted by molar-refractivity contribution is 0.102. The van der Waals surface area contributed by atoms with Crippen LogP contribution in [0.3, 0.4) is 0 Å². The van der Waals surface area contributed by atoms with Crippen LogP contribution in [0.4, 0.5) is 10.1 Å². The number of benzene rings is 1. The van der Waals surface area contributed by atoms with E-state index in [4.69, 9.17) is 0 Å². The second kappa shape index (κ2) is 7.17. The first kappa shape index (κ1) is 17.5. The van der Waals surface area contributed by atoms with Gasteiger partial charge < -0.3 is 5.32 Å². The smallest absolute Gasteiger partial charge is 0.262 e. The molecule has 4 nitrogen and oxygen atoms in total. The van der Waals surface area contributed by atoms with Crippen molar-refractivity contribution in [3.8, 4) is 0 Å². The van der Waals surface area contributed by atoms with Gasteiger partial charge in [0.25, 0.3) is 5.91 Å². The Morgan fingerprint density at radius 3 is 2.52 bits per heavy atom. The third kappa shape index (κ3) is 3.93. The Labute approximate surface area is 140 Å². The van der Waals surface area contributed by atoms with Gasteiger partial charge in [-0.15, -0.1) is 0 Å². The van der Waals surface area contributed by atoms with E-state index in [0.717, 1.165) is 10.2 Å². The Hall–Kier alpha value is -1.82. The maximum absolute atomic E-state index is 14.0. The molecule has 0 aliphatic rings. The van der Waals surface area contributed by atoms with E-state index in [1.807, 2.05) is 36.0 Å². The molecule has 0 fully saturated rings. The van der Waals surface area contributed by atoms with Gasteiger partial charge in [0.2, 0.25) is 5.95 Å². The summed E-state index contributed by atoms with van der Waals surface area (Å²) in [5.74, 6) is -1.09. The molecule has 1 heterocycles. The molecule has 0 radical (unpaired) electrons. The van der Waals surface area contributed by atoms with Crippen LogP contribution in [0.25, 0.3) is 0 Å². The van der Waals surface area contributed by atoms with E-state index in [0.29, 0.717) is 16.6 Å². The second-order valence-electron chi connectivity index (χ2n) is 5.74. The van der Waals surface area contributed by atoms with Crippen LogP contribution < -0.4 is 5.32 Å². The van der Waals surface area contributed by atoms with Gasteiger partial charge in [0.05, 0.1) is 5.69 Å². The van der Waals surface area contributed by atoms with E-state index in [2.05, 4.69) is 31.2 Å². The number of aromatic nitrogens is 2. The van der Waals surface area contributed by atoms with E-state index >= 15 is 0 Å². The summed E-state index contributed by atoms with van der Waals surface area (Å²) < 4.78 is 15.1. The number of carbonyl (C=O) groups excluding carboxylic acids is 1. The Bertz CT molecular complexity index is 712. The van der Waals surface area contributed by atoms with Crippen molar-refractivity contribution in [1.82, 2.24) is 9.78 Å². The van der Waals surface area contributed by atoms with Crippen molar-refractivity contribution >= 4 is 23.4 Å². The Morgan fingerprint density at radius 1 is 1.30 bits per heavy atom. The highest BCUT2D eigenvalue weighted by molar-refractivity contribution is 8.00. The van der Waals surface area contributed by atoms with Crippen LogP contribution >= 0.6 is 11.8 Å². The van der Waals surface area contributed by atoms with Crippen LogP contribution in [0.2, 0.25) is 0 Å². The van der Waals surface area contributed by atoms with Gasteiger partial charge in [0.15, 0.2) is 0 Å². The quantitative estimate of drug-likeness (QED) is 0.885. The van der Waals surface area contributed by atoms with Gasteiger partial charge in [-0.1, -0.05) is 32.0 Å². The van der Waals surface area contributed by atoms with Crippen molar-refractivity contribution < 1.29 is 9.18 Å². The number of thioether (sulfide) groups is 1. The van der Waals surface area contributed by atoms with Crippen LogP contribution in [0.5, 0.6) is 0 Å². The fraction of sp³-hybridized carbons (Fsp3) is 0.412. The lowest BCUT2D eigenvalue weighted by Crippen LogP contribution is -2.16. The standard InChI is InChI=1S/C17H22FN3OS/c1-10(2)23-12(4)13-8-6-7-9-14(13)19-17(22)15-11(3)20-21(5)16(15)18/h6-10,12H,1-5H3,(H,19,22). The van der Waals surface area contributed by atoms with E-state index in [-0.39, 0.29) is 10.8 Å². The van der Waals surface area contributed by atoms with Crippen molar-refractivity contribution in [2.45, 2.75) is 38.2 Å². The summed E-state index contributed by atoms with van der Waals surface area (Å²) in [6.45, 7) is 8.00. The van der Waals surface area contributed by atoms with Crippen LogP contribution in [-0.2, 0) is 7.05 Å². The van der Waals surface area contributed by atoms with Gasteiger partial charge in [-0.2, -0.15) is 21.3 Å². The molecule has 6 heteroatoms. The lowest BCUT2D eigenvalue weighted by Gasteiger charge is -2.18. The molecule has 1 aromatic heterocycles. The number of hydrogen-bond donors (Lipinski definition) is 1. The molecule has 1 aromatic carbocycles. The molecule has 0 saturated carbocycles. The minimum atomic E-state index is -0.623. The molecule has 23 heavy (non-hydrogen) atoms. The molecule has 0 saturated heterocycles. The molecular formula is C17H22FN3OS. The molecule has 0 spiro atoms. The minimum Gasteiger partial charge on any atom is -0.321 e. The summed E-state index contributed by atoms with van der Waals surface area (Å²) in [7, 11) is 1.48. The van der Waals surface area contributed by atoms with E-state index in [1.54, 1.807) is 6.92 Å². The summed E-state index contributed by atoms with van der Waals surface area (Å²) in [6.07, 6.45) is 0. The normalized spacial score (nSPS) is 12.5. The fourth-order valence-corrected chi connectivity index (χ4v) is 3.69. The molecule has 0 aliphatic carbocycles. The van der Waals surface area contributed by atoms with Gasteiger partial charge in [0.1, 0.15) is 5.56 Å². The highest BCUT2D eigenvalue weighted by atomic mass is 32.2. The Morgan fingerprint density at radius 2 is 1.96 bits per heavy atom. The number of carbonyl (C=O) groups is 1. The van der Waals surface area contributed by atoms with Crippen molar-refractivity contribution in [2.24, 2.45) is 7.05 Å². The van der Waals surface area contributed by atoms with E-state index in [1.165, 1.54) is 7.05 Å². The average molecular weight is 335 g/mol. The SMILES string of the molecule is Cc1nn(C)c(F)c1C(=O)Nc1ccccc1C(C)SC(C)C. The Balaban J connectivity index is 2.28. The topological polar surface area (TPSA) is 46.9 Å². The van der Waals surface area contributed by atoms with Gasteiger partial charge in [-0.25, -0.2) is 4.68 Å². The molecular weight excluding hydrogens is 313 g/mol. The second-order valence-corrected chi connectivity index (χ2v) is 7.67. The zero-order valence-corrected chi connectivity index (χ0v) is 14.9. The number of rotatable bonds is 5. The molecule has 2 rings (SSSR count). The molecule has 1 amide bonds. The fourth-order valence-electron chi connectivity index (χ4n) is 2.52. The Kier molecular flexibility index (Phi) is 5.46. The van der Waals surface area contributed by atoms with Crippen molar-refractivity contribution in [3.05, 3.63) is 47.0 Å². The zero-order valence-electron chi connectivity index (χ0n) is 14.1.